The monoisotopic (exact) mass is 393 g/mol. The molecule has 2 N–H and O–H groups in total. The van der Waals surface area contributed by atoms with Gasteiger partial charge in [-0.15, -0.1) is 0 Å². The highest BCUT2D eigenvalue weighted by Gasteiger charge is 2.15. The quantitative estimate of drug-likeness (QED) is 0.765. The summed E-state index contributed by atoms with van der Waals surface area (Å²) < 4.78 is 28.0. The second kappa shape index (κ2) is 6.15. The van der Waals surface area contributed by atoms with E-state index in [9.17, 15) is 8.78 Å². The highest BCUT2D eigenvalue weighted by molar-refractivity contribution is 14.1. The Balaban J connectivity index is 2.25. The zero-order chi connectivity index (χ0) is 14.0. The summed E-state index contributed by atoms with van der Waals surface area (Å²) >= 11 is 8.12. The van der Waals surface area contributed by atoms with Crippen molar-refractivity contribution in [2.45, 2.75) is 12.5 Å². The number of nitrogens with two attached hydrogens (primary N) is 1. The van der Waals surface area contributed by atoms with Crippen LogP contribution in [0.2, 0.25) is 5.02 Å². The maximum absolute atomic E-state index is 13.5. The lowest BCUT2D eigenvalue weighted by molar-refractivity contribution is 0.540. The topological polar surface area (TPSA) is 26.0 Å². The second-order valence-corrected chi connectivity index (χ2v) is 5.75. The molecule has 1 unspecified atom stereocenters. The zero-order valence-electron chi connectivity index (χ0n) is 9.84. The van der Waals surface area contributed by atoms with Crippen LogP contribution in [0.3, 0.4) is 0 Å². The summed E-state index contributed by atoms with van der Waals surface area (Å²) in [6.07, 6.45) is 0.0927. The summed E-state index contributed by atoms with van der Waals surface area (Å²) in [6, 6.07) is 8.67. The molecule has 0 spiro atoms. The van der Waals surface area contributed by atoms with E-state index in [-0.39, 0.29) is 12.0 Å². The smallest absolute Gasteiger partial charge is 0.129 e. The molecule has 100 valence electrons. The van der Waals surface area contributed by atoms with Crippen LogP contribution in [0, 0.1) is 15.2 Å². The van der Waals surface area contributed by atoms with Crippen LogP contribution in [-0.2, 0) is 6.42 Å². The van der Waals surface area contributed by atoms with Crippen molar-refractivity contribution >= 4 is 34.2 Å². The van der Waals surface area contributed by atoms with Gasteiger partial charge in [0.2, 0.25) is 0 Å². The number of hydrogen-bond acceptors (Lipinski definition) is 1. The summed E-state index contributed by atoms with van der Waals surface area (Å²) in [6.45, 7) is 0. The van der Waals surface area contributed by atoms with E-state index in [0.717, 1.165) is 9.13 Å². The average Bonchev–Trinajstić information content (AvgIpc) is 2.37. The van der Waals surface area contributed by atoms with Crippen LogP contribution >= 0.6 is 34.2 Å². The van der Waals surface area contributed by atoms with Gasteiger partial charge in [-0.1, -0.05) is 23.7 Å². The SMILES string of the molecule is NC(Cc1c(F)cccc1F)c1ccc(I)c(Cl)c1. The van der Waals surface area contributed by atoms with Gasteiger partial charge in [0.25, 0.3) is 0 Å². The van der Waals surface area contributed by atoms with Gasteiger partial charge < -0.3 is 5.73 Å². The normalized spacial score (nSPS) is 12.5. The first-order valence-corrected chi connectivity index (χ1v) is 7.08. The van der Waals surface area contributed by atoms with Crippen LogP contribution in [0.1, 0.15) is 17.2 Å². The van der Waals surface area contributed by atoms with Gasteiger partial charge in [-0.3, -0.25) is 0 Å². The molecular formula is C14H11ClF2IN. The maximum atomic E-state index is 13.5. The molecule has 1 atom stereocenters. The third-order valence-electron chi connectivity index (χ3n) is 2.86. The van der Waals surface area contributed by atoms with Crippen LogP contribution in [-0.4, -0.2) is 0 Å². The van der Waals surface area contributed by atoms with E-state index in [1.807, 2.05) is 12.1 Å². The highest BCUT2D eigenvalue weighted by atomic mass is 127. The largest absolute Gasteiger partial charge is 0.324 e. The first kappa shape index (κ1) is 14.7. The van der Waals surface area contributed by atoms with Crippen LogP contribution < -0.4 is 5.73 Å². The second-order valence-electron chi connectivity index (χ2n) is 4.18. The zero-order valence-corrected chi connectivity index (χ0v) is 12.8. The van der Waals surface area contributed by atoms with Crippen LogP contribution in [0.25, 0.3) is 0 Å². The fraction of sp³-hybridized carbons (Fsp3) is 0.143. The summed E-state index contributed by atoms with van der Waals surface area (Å²) in [5.74, 6) is -1.15. The van der Waals surface area contributed by atoms with Crippen LogP contribution in [0.15, 0.2) is 36.4 Å². The molecule has 2 aromatic carbocycles. The first-order valence-electron chi connectivity index (χ1n) is 5.62. The molecule has 1 nitrogen and oxygen atoms in total. The molecule has 0 saturated heterocycles. The summed E-state index contributed by atoms with van der Waals surface area (Å²) in [7, 11) is 0. The van der Waals surface area contributed by atoms with E-state index >= 15 is 0 Å². The molecule has 0 radical (unpaired) electrons. The van der Waals surface area contributed by atoms with Crippen molar-refractivity contribution in [1.29, 1.82) is 0 Å². The van der Waals surface area contributed by atoms with Crippen molar-refractivity contribution < 1.29 is 8.78 Å². The van der Waals surface area contributed by atoms with Gasteiger partial charge in [0.1, 0.15) is 11.6 Å². The molecule has 0 amide bonds. The van der Waals surface area contributed by atoms with Crippen LogP contribution in [0.4, 0.5) is 8.78 Å². The van der Waals surface area contributed by atoms with Crippen molar-refractivity contribution in [3.05, 3.63) is 67.8 Å². The summed E-state index contributed by atoms with van der Waals surface area (Å²) in [5.41, 5.74) is 6.75. The highest BCUT2D eigenvalue weighted by Crippen LogP contribution is 2.25. The van der Waals surface area contributed by atoms with E-state index in [1.165, 1.54) is 18.2 Å². The number of hydrogen-bond donors (Lipinski definition) is 1. The maximum Gasteiger partial charge on any atom is 0.129 e. The minimum atomic E-state index is -0.577. The molecule has 5 heteroatoms. The number of halogens is 4. The van der Waals surface area contributed by atoms with Crippen molar-refractivity contribution in [3.8, 4) is 0 Å². The predicted molar refractivity (Wildman–Crippen MR) is 81.2 cm³/mol. The molecule has 19 heavy (non-hydrogen) atoms. The molecule has 0 aliphatic heterocycles. The molecule has 0 aliphatic carbocycles. The third kappa shape index (κ3) is 3.43. The van der Waals surface area contributed by atoms with Gasteiger partial charge >= 0.3 is 0 Å². The van der Waals surface area contributed by atoms with Crippen LogP contribution in [0.5, 0.6) is 0 Å². The Morgan fingerprint density at radius 1 is 1.16 bits per heavy atom. The Hall–Kier alpha value is -0.720. The van der Waals surface area contributed by atoms with Gasteiger partial charge in [-0.2, -0.15) is 0 Å². The molecule has 0 aromatic heterocycles. The predicted octanol–water partition coefficient (Wildman–Crippen LogP) is 4.47. The standard InChI is InChI=1S/C14H11ClF2IN/c15-10-6-8(4-5-13(10)18)14(19)7-9-11(16)2-1-3-12(9)17/h1-6,14H,7,19H2. The molecule has 0 fully saturated rings. The van der Waals surface area contributed by atoms with Gasteiger partial charge in [0.15, 0.2) is 0 Å². The fourth-order valence-electron chi connectivity index (χ4n) is 1.81. The Morgan fingerprint density at radius 3 is 2.37 bits per heavy atom. The lowest BCUT2D eigenvalue weighted by Gasteiger charge is -2.14. The van der Waals surface area contributed by atoms with E-state index in [1.54, 1.807) is 6.07 Å². The minimum absolute atomic E-state index is 0.00433. The molecule has 2 aromatic rings. The Morgan fingerprint density at radius 2 is 1.79 bits per heavy atom. The lowest BCUT2D eigenvalue weighted by atomic mass is 9.99. The molecule has 0 aliphatic rings. The van der Waals surface area contributed by atoms with E-state index < -0.39 is 17.7 Å². The molecule has 0 bridgehead atoms. The molecular weight excluding hydrogens is 383 g/mol. The number of benzene rings is 2. The van der Waals surface area contributed by atoms with Gasteiger partial charge in [0.05, 0.1) is 5.02 Å². The van der Waals surface area contributed by atoms with Gasteiger partial charge in [-0.25, -0.2) is 8.78 Å². The minimum Gasteiger partial charge on any atom is -0.324 e. The van der Waals surface area contributed by atoms with Crippen molar-refractivity contribution in [1.82, 2.24) is 0 Å². The Bertz CT molecular complexity index is 584. The summed E-state index contributed by atoms with van der Waals surface area (Å²) in [4.78, 5) is 0. The fourth-order valence-corrected chi connectivity index (χ4v) is 2.33. The molecule has 0 saturated carbocycles. The van der Waals surface area contributed by atoms with E-state index in [0.29, 0.717) is 5.02 Å². The average molecular weight is 394 g/mol. The Labute approximate surface area is 128 Å². The van der Waals surface area contributed by atoms with Crippen molar-refractivity contribution in [2.75, 3.05) is 0 Å². The number of rotatable bonds is 3. The molecule has 2 rings (SSSR count). The third-order valence-corrected chi connectivity index (χ3v) is 4.43. The summed E-state index contributed by atoms with van der Waals surface area (Å²) in [5, 5.41) is 0.586. The first-order chi connectivity index (χ1) is 8.99. The van der Waals surface area contributed by atoms with Gasteiger partial charge in [-0.05, 0) is 58.8 Å². The van der Waals surface area contributed by atoms with Crippen molar-refractivity contribution in [3.63, 3.8) is 0 Å². The van der Waals surface area contributed by atoms with Crippen molar-refractivity contribution in [2.24, 2.45) is 5.73 Å². The van der Waals surface area contributed by atoms with Gasteiger partial charge in [0, 0.05) is 15.2 Å². The van der Waals surface area contributed by atoms with E-state index in [2.05, 4.69) is 22.6 Å². The lowest BCUT2D eigenvalue weighted by Crippen LogP contribution is -2.15. The molecule has 0 heterocycles. The Kier molecular flexibility index (Phi) is 4.76. The van der Waals surface area contributed by atoms with E-state index in [4.69, 9.17) is 17.3 Å².